The Balaban J connectivity index is 2.06. The molecule has 0 bridgehead atoms. The SMILES string of the molecule is CC1C=C(c2ccc3cnc(N)cc3n2)C=NC1C. The molecule has 2 aromatic rings. The number of nitrogens with zero attached hydrogens (tertiary/aromatic N) is 3. The third-order valence-electron chi connectivity index (χ3n) is 3.54. The molecule has 0 spiro atoms. The van der Waals surface area contributed by atoms with Crippen LogP contribution in [0.3, 0.4) is 0 Å². The second-order valence-corrected chi connectivity index (χ2v) is 5.00. The van der Waals surface area contributed by atoms with Crippen LogP contribution in [0.15, 0.2) is 35.5 Å². The quantitative estimate of drug-likeness (QED) is 0.848. The van der Waals surface area contributed by atoms with Crippen molar-refractivity contribution in [1.82, 2.24) is 9.97 Å². The monoisotopic (exact) mass is 252 g/mol. The second-order valence-electron chi connectivity index (χ2n) is 5.00. The van der Waals surface area contributed by atoms with E-state index < -0.39 is 0 Å². The summed E-state index contributed by atoms with van der Waals surface area (Å²) in [5.74, 6) is 0.922. The first-order chi connectivity index (χ1) is 9.13. The molecule has 0 radical (unpaired) electrons. The van der Waals surface area contributed by atoms with E-state index in [-0.39, 0.29) is 0 Å². The minimum atomic E-state index is 0.337. The van der Waals surface area contributed by atoms with Gasteiger partial charge in [0.25, 0.3) is 0 Å². The van der Waals surface area contributed by atoms with Gasteiger partial charge in [0.15, 0.2) is 0 Å². The number of hydrogen-bond donors (Lipinski definition) is 1. The van der Waals surface area contributed by atoms with Crippen molar-refractivity contribution in [3.05, 3.63) is 36.2 Å². The maximum absolute atomic E-state index is 5.70. The fraction of sp³-hybridized carbons (Fsp3) is 0.267. The Hall–Kier alpha value is -2.23. The van der Waals surface area contributed by atoms with E-state index in [1.165, 1.54) is 0 Å². The van der Waals surface area contributed by atoms with E-state index in [9.17, 15) is 0 Å². The van der Waals surface area contributed by atoms with Gasteiger partial charge in [0.2, 0.25) is 0 Å². The van der Waals surface area contributed by atoms with Crippen molar-refractivity contribution in [2.75, 3.05) is 5.73 Å². The van der Waals surface area contributed by atoms with Crippen molar-refractivity contribution in [3.63, 3.8) is 0 Å². The van der Waals surface area contributed by atoms with Crippen molar-refractivity contribution in [3.8, 4) is 0 Å². The predicted molar refractivity (Wildman–Crippen MR) is 79.0 cm³/mol. The molecule has 3 heterocycles. The van der Waals surface area contributed by atoms with Gasteiger partial charge in [-0.05, 0) is 25.0 Å². The Morgan fingerprint density at radius 2 is 2.05 bits per heavy atom. The molecule has 4 heteroatoms. The lowest BCUT2D eigenvalue weighted by molar-refractivity contribution is 0.583. The van der Waals surface area contributed by atoms with Crippen LogP contribution in [0.2, 0.25) is 0 Å². The standard InChI is InChI=1S/C15H16N4/c1-9-5-12(8-17-10(9)2)13-4-3-11-7-18-15(16)6-14(11)19-13/h3-10H,1-2H3,(H2,16,18). The average Bonchev–Trinajstić information content (AvgIpc) is 2.41. The number of pyridine rings is 2. The Bertz CT molecular complexity index is 688. The molecule has 0 aliphatic carbocycles. The summed E-state index contributed by atoms with van der Waals surface area (Å²) < 4.78 is 0. The van der Waals surface area contributed by atoms with Gasteiger partial charge in [-0.2, -0.15) is 0 Å². The average molecular weight is 252 g/mol. The smallest absolute Gasteiger partial charge is 0.125 e. The van der Waals surface area contributed by atoms with E-state index in [2.05, 4.69) is 34.9 Å². The molecule has 2 N–H and O–H groups in total. The first kappa shape index (κ1) is 11.8. The molecule has 96 valence electrons. The summed E-state index contributed by atoms with van der Waals surface area (Å²) in [6.45, 7) is 4.29. The number of nitrogens with two attached hydrogens (primary N) is 1. The summed E-state index contributed by atoms with van der Waals surface area (Å²) >= 11 is 0. The fourth-order valence-electron chi connectivity index (χ4n) is 2.14. The first-order valence-electron chi connectivity index (χ1n) is 6.41. The molecule has 1 aliphatic heterocycles. The second kappa shape index (κ2) is 4.46. The summed E-state index contributed by atoms with van der Waals surface area (Å²) in [5, 5.41) is 0.993. The number of aliphatic imine (C=N–C) groups is 1. The highest BCUT2D eigenvalue weighted by Crippen LogP contribution is 2.23. The van der Waals surface area contributed by atoms with Crippen molar-refractivity contribution < 1.29 is 0 Å². The number of allylic oxidation sites excluding steroid dienone is 1. The lowest BCUT2D eigenvalue weighted by Crippen LogP contribution is -2.14. The summed E-state index contributed by atoms with van der Waals surface area (Å²) in [7, 11) is 0. The molecule has 0 aromatic carbocycles. The molecular weight excluding hydrogens is 236 g/mol. The summed E-state index contributed by atoms with van der Waals surface area (Å²) in [4.78, 5) is 13.2. The first-order valence-corrected chi connectivity index (χ1v) is 6.41. The molecule has 0 saturated heterocycles. The number of fused-ring (bicyclic) bond motifs is 1. The third kappa shape index (κ3) is 2.21. The summed E-state index contributed by atoms with van der Waals surface area (Å²) in [5.41, 5.74) is 8.57. The highest BCUT2D eigenvalue weighted by molar-refractivity contribution is 6.10. The zero-order chi connectivity index (χ0) is 13.4. The van der Waals surface area contributed by atoms with Gasteiger partial charge in [-0.25, -0.2) is 9.97 Å². The van der Waals surface area contributed by atoms with Crippen LogP contribution in [-0.2, 0) is 0 Å². The van der Waals surface area contributed by atoms with Crippen LogP contribution in [0.25, 0.3) is 16.5 Å². The molecule has 3 rings (SSSR count). The lowest BCUT2D eigenvalue weighted by atomic mass is 9.96. The minimum Gasteiger partial charge on any atom is -0.384 e. The zero-order valence-electron chi connectivity index (χ0n) is 11.0. The Labute approximate surface area is 112 Å². The normalized spacial score (nSPS) is 22.5. The van der Waals surface area contributed by atoms with Crippen LogP contribution in [0.1, 0.15) is 19.5 Å². The molecular formula is C15H16N4. The third-order valence-corrected chi connectivity index (χ3v) is 3.54. The van der Waals surface area contributed by atoms with E-state index in [0.717, 1.165) is 22.2 Å². The van der Waals surface area contributed by atoms with Gasteiger partial charge in [0, 0.05) is 29.4 Å². The van der Waals surface area contributed by atoms with Crippen LogP contribution in [0, 0.1) is 5.92 Å². The number of nitrogen functional groups attached to an aromatic ring is 1. The molecule has 0 amide bonds. The number of aromatic nitrogens is 2. The van der Waals surface area contributed by atoms with E-state index >= 15 is 0 Å². The maximum Gasteiger partial charge on any atom is 0.125 e. The van der Waals surface area contributed by atoms with E-state index in [0.29, 0.717) is 17.8 Å². The van der Waals surface area contributed by atoms with E-state index in [1.54, 1.807) is 12.3 Å². The van der Waals surface area contributed by atoms with Gasteiger partial charge in [0.05, 0.1) is 17.3 Å². The van der Waals surface area contributed by atoms with Crippen LogP contribution in [0.5, 0.6) is 0 Å². The van der Waals surface area contributed by atoms with Gasteiger partial charge in [0.1, 0.15) is 5.82 Å². The highest BCUT2D eigenvalue weighted by atomic mass is 14.8. The van der Waals surface area contributed by atoms with Gasteiger partial charge < -0.3 is 5.73 Å². The lowest BCUT2D eigenvalue weighted by Gasteiger charge is -2.18. The number of rotatable bonds is 1. The Morgan fingerprint density at radius 1 is 1.21 bits per heavy atom. The molecule has 0 saturated carbocycles. The molecule has 1 aliphatic rings. The Morgan fingerprint density at radius 3 is 2.84 bits per heavy atom. The maximum atomic E-state index is 5.70. The van der Waals surface area contributed by atoms with Crippen LogP contribution >= 0.6 is 0 Å². The Kier molecular flexibility index (Phi) is 2.78. The van der Waals surface area contributed by atoms with Crippen molar-refractivity contribution >= 4 is 28.5 Å². The predicted octanol–water partition coefficient (Wildman–Crippen LogP) is 2.70. The topological polar surface area (TPSA) is 64.2 Å². The van der Waals surface area contributed by atoms with Crippen LogP contribution < -0.4 is 5.73 Å². The minimum absolute atomic E-state index is 0.337. The van der Waals surface area contributed by atoms with Crippen molar-refractivity contribution in [1.29, 1.82) is 0 Å². The molecule has 2 unspecified atom stereocenters. The van der Waals surface area contributed by atoms with Crippen LogP contribution in [-0.4, -0.2) is 22.2 Å². The number of dihydropyridines is 1. The molecule has 4 nitrogen and oxygen atoms in total. The van der Waals surface area contributed by atoms with Gasteiger partial charge in [-0.1, -0.05) is 13.0 Å². The zero-order valence-corrected chi connectivity index (χ0v) is 11.0. The highest BCUT2D eigenvalue weighted by Gasteiger charge is 2.15. The number of hydrogen-bond acceptors (Lipinski definition) is 4. The van der Waals surface area contributed by atoms with Crippen LogP contribution in [0.4, 0.5) is 5.82 Å². The fourth-order valence-corrected chi connectivity index (χ4v) is 2.14. The number of anilines is 1. The van der Waals surface area contributed by atoms with Gasteiger partial charge >= 0.3 is 0 Å². The molecule has 2 aromatic heterocycles. The summed E-state index contributed by atoms with van der Waals surface area (Å²) in [6, 6.07) is 6.15. The van der Waals surface area contributed by atoms with Crippen molar-refractivity contribution in [2.24, 2.45) is 10.9 Å². The molecule has 19 heavy (non-hydrogen) atoms. The van der Waals surface area contributed by atoms with Gasteiger partial charge in [-0.3, -0.25) is 4.99 Å². The molecule has 2 atom stereocenters. The van der Waals surface area contributed by atoms with Crippen molar-refractivity contribution in [2.45, 2.75) is 19.9 Å². The van der Waals surface area contributed by atoms with E-state index in [1.807, 2.05) is 18.3 Å². The summed E-state index contributed by atoms with van der Waals surface area (Å²) in [6.07, 6.45) is 5.87. The van der Waals surface area contributed by atoms with Gasteiger partial charge in [-0.15, -0.1) is 0 Å². The van der Waals surface area contributed by atoms with E-state index in [4.69, 9.17) is 5.73 Å². The molecule has 0 fully saturated rings. The largest absolute Gasteiger partial charge is 0.384 e.